The van der Waals surface area contributed by atoms with Crippen LogP contribution >= 0.6 is 11.6 Å². The minimum absolute atomic E-state index is 0.0646. The van der Waals surface area contributed by atoms with Crippen LogP contribution in [0.5, 0.6) is 0 Å². The Kier molecular flexibility index (Phi) is 4.27. The van der Waals surface area contributed by atoms with Crippen LogP contribution in [0.2, 0.25) is 5.22 Å². The molecule has 3 nitrogen and oxygen atoms in total. The summed E-state index contributed by atoms with van der Waals surface area (Å²) in [5.41, 5.74) is 1.75. The van der Waals surface area contributed by atoms with Crippen molar-refractivity contribution in [1.29, 1.82) is 0 Å². The summed E-state index contributed by atoms with van der Waals surface area (Å²) >= 11 is 6.10. The zero-order valence-corrected chi connectivity index (χ0v) is 11.4. The van der Waals surface area contributed by atoms with Crippen molar-refractivity contribution in [3.05, 3.63) is 35.0 Å². The van der Waals surface area contributed by atoms with Gasteiger partial charge >= 0.3 is 0 Å². The molecule has 0 amide bonds. The number of nitrogens with one attached hydrogen (secondary N) is 1. The number of hydrogen-bond acceptors (Lipinski definition) is 3. The van der Waals surface area contributed by atoms with Crippen molar-refractivity contribution >= 4 is 22.6 Å². The van der Waals surface area contributed by atoms with Gasteiger partial charge in [-0.05, 0) is 23.6 Å². The first-order chi connectivity index (χ1) is 8.63. The average molecular weight is 268 g/mol. The highest BCUT2D eigenvalue weighted by Gasteiger charge is 2.15. The van der Waals surface area contributed by atoms with E-state index in [0.717, 1.165) is 16.5 Å². The van der Waals surface area contributed by atoms with Gasteiger partial charge in [-0.15, -0.1) is 0 Å². The molecule has 0 fully saturated rings. The number of halogens is 1. The molecule has 0 saturated heterocycles. The van der Waals surface area contributed by atoms with Gasteiger partial charge in [0.25, 0.3) is 0 Å². The molecular weight excluding hydrogens is 250 g/mol. The van der Waals surface area contributed by atoms with Crippen molar-refractivity contribution in [3.63, 3.8) is 0 Å². The van der Waals surface area contributed by atoms with Gasteiger partial charge < -0.3 is 14.8 Å². The van der Waals surface area contributed by atoms with Crippen molar-refractivity contribution in [2.24, 2.45) is 5.92 Å². The Morgan fingerprint density at radius 3 is 2.72 bits per heavy atom. The summed E-state index contributed by atoms with van der Waals surface area (Å²) in [4.78, 5) is 0. The summed E-state index contributed by atoms with van der Waals surface area (Å²) in [6.45, 7) is 4.86. The van der Waals surface area contributed by atoms with Gasteiger partial charge in [0.1, 0.15) is 5.58 Å². The van der Waals surface area contributed by atoms with Gasteiger partial charge in [-0.25, -0.2) is 0 Å². The Hall–Kier alpha value is -1.03. The van der Waals surface area contributed by atoms with Crippen LogP contribution < -0.4 is 5.32 Å². The fourth-order valence-electron chi connectivity index (χ4n) is 1.98. The number of aliphatic hydroxyl groups excluding tert-OH is 1. The molecule has 0 aliphatic carbocycles. The largest absolute Gasteiger partial charge is 0.444 e. The van der Waals surface area contributed by atoms with E-state index in [-0.39, 0.29) is 12.6 Å². The molecular formula is C14H18ClNO2. The van der Waals surface area contributed by atoms with Gasteiger partial charge in [0, 0.05) is 23.5 Å². The molecule has 1 unspecified atom stereocenters. The molecule has 2 N–H and O–H groups in total. The van der Waals surface area contributed by atoms with Crippen LogP contribution in [0.25, 0.3) is 11.0 Å². The van der Waals surface area contributed by atoms with Gasteiger partial charge in [0.15, 0.2) is 5.22 Å². The molecule has 4 heteroatoms. The Labute approximate surface area is 112 Å². The topological polar surface area (TPSA) is 45.4 Å². The lowest BCUT2D eigenvalue weighted by atomic mass is 10.0. The standard InChI is InChI=1S/C14H18ClNO2/c1-9(2)12(8-17)16-7-11-10-5-3-4-6-13(10)18-14(11)15/h3-6,9,12,16-17H,7-8H2,1-2H3. The molecule has 0 aliphatic rings. The quantitative estimate of drug-likeness (QED) is 0.875. The van der Waals surface area contributed by atoms with Crippen molar-refractivity contribution in [2.45, 2.75) is 26.4 Å². The number of fused-ring (bicyclic) bond motifs is 1. The number of furan rings is 1. The van der Waals surface area contributed by atoms with Crippen LogP contribution in [-0.4, -0.2) is 17.8 Å². The third-order valence-corrected chi connectivity index (χ3v) is 3.50. The Balaban J connectivity index is 2.19. The Morgan fingerprint density at radius 1 is 1.33 bits per heavy atom. The minimum Gasteiger partial charge on any atom is -0.444 e. The van der Waals surface area contributed by atoms with E-state index in [4.69, 9.17) is 16.0 Å². The molecule has 1 atom stereocenters. The molecule has 2 aromatic rings. The van der Waals surface area contributed by atoms with Crippen molar-refractivity contribution in [2.75, 3.05) is 6.61 Å². The highest BCUT2D eigenvalue weighted by atomic mass is 35.5. The predicted octanol–water partition coefficient (Wildman–Crippen LogP) is 3.19. The molecule has 0 saturated carbocycles. The summed E-state index contributed by atoms with van der Waals surface area (Å²) in [6, 6.07) is 7.84. The van der Waals surface area contributed by atoms with Gasteiger partial charge in [-0.1, -0.05) is 32.0 Å². The van der Waals surface area contributed by atoms with Crippen LogP contribution in [0, 0.1) is 5.92 Å². The Bertz CT molecular complexity index is 521. The maximum Gasteiger partial charge on any atom is 0.199 e. The molecule has 2 rings (SSSR count). The highest BCUT2D eigenvalue weighted by molar-refractivity contribution is 6.30. The van der Waals surface area contributed by atoms with Gasteiger partial charge in [0.2, 0.25) is 0 Å². The van der Waals surface area contributed by atoms with Crippen LogP contribution in [0.3, 0.4) is 0 Å². The van der Waals surface area contributed by atoms with E-state index < -0.39 is 0 Å². The number of rotatable bonds is 5. The lowest BCUT2D eigenvalue weighted by Gasteiger charge is -2.19. The predicted molar refractivity (Wildman–Crippen MR) is 73.8 cm³/mol. The van der Waals surface area contributed by atoms with E-state index in [1.807, 2.05) is 24.3 Å². The fraction of sp³-hybridized carbons (Fsp3) is 0.429. The van der Waals surface area contributed by atoms with Crippen molar-refractivity contribution in [3.8, 4) is 0 Å². The molecule has 0 spiro atoms. The lowest BCUT2D eigenvalue weighted by molar-refractivity contribution is 0.210. The highest BCUT2D eigenvalue weighted by Crippen LogP contribution is 2.29. The maximum absolute atomic E-state index is 9.29. The van der Waals surface area contributed by atoms with Gasteiger partial charge in [-0.2, -0.15) is 0 Å². The number of hydrogen-bond donors (Lipinski definition) is 2. The fourth-order valence-corrected chi connectivity index (χ4v) is 2.23. The molecule has 0 aliphatic heterocycles. The van der Waals surface area contributed by atoms with Crippen molar-refractivity contribution in [1.82, 2.24) is 5.32 Å². The van der Waals surface area contributed by atoms with E-state index in [0.29, 0.717) is 17.7 Å². The Morgan fingerprint density at radius 2 is 2.06 bits per heavy atom. The summed E-state index contributed by atoms with van der Waals surface area (Å²) in [5, 5.41) is 14.0. The summed E-state index contributed by atoms with van der Waals surface area (Å²) in [6.07, 6.45) is 0. The van der Waals surface area contributed by atoms with Crippen LogP contribution in [-0.2, 0) is 6.54 Å². The first-order valence-corrected chi connectivity index (χ1v) is 6.51. The first-order valence-electron chi connectivity index (χ1n) is 6.13. The summed E-state index contributed by atoms with van der Waals surface area (Å²) < 4.78 is 5.49. The number of benzene rings is 1. The second-order valence-corrected chi connectivity index (χ2v) is 5.11. The maximum atomic E-state index is 9.29. The van der Waals surface area contributed by atoms with Gasteiger partial charge in [-0.3, -0.25) is 0 Å². The van der Waals surface area contributed by atoms with E-state index in [2.05, 4.69) is 19.2 Å². The average Bonchev–Trinajstić information content (AvgIpc) is 2.66. The lowest BCUT2D eigenvalue weighted by Crippen LogP contribution is -2.36. The smallest absolute Gasteiger partial charge is 0.199 e. The van der Waals surface area contributed by atoms with Crippen molar-refractivity contribution < 1.29 is 9.52 Å². The number of aliphatic hydroxyl groups is 1. The molecule has 18 heavy (non-hydrogen) atoms. The molecule has 0 bridgehead atoms. The van der Waals surface area contributed by atoms with E-state index in [1.165, 1.54) is 0 Å². The zero-order valence-electron chi connectivity index (χ0n) is 10.6. The third-order valence-electron chi connectivity index (χ3n) is 3.19. The molecule has 1 heterocycles. The van der Waals surface area contributed by atoms with Crippen LogP contribution in [0.15, 0.2) is 28.7 Å². The monoisotopic (exact) mass is 267 g/mol. The van der Waals surface area contributed by atoms with Crippen LogP contribution in [0.4, 0.5) is 0 Å². The molecule has 98 valence electrons. The van der Waals surface area contributed by atoms with E-state index in [9.17, 15) is 5.11 Å². The second kappa shape index (κ2) is 5.74. The molecule has 0 radical (unpaired) electrons. The van der Waals surface area contributed by atoms with E-state index in [1.54, 1.807) is 0 Å². The normalized spacial score (nSPS) is 13.4. The number of para-hydroxylation sites is 1. The molecule has 1 aromatic carbocycles. The summed E-state index contributed by atoms with van der Waals surface area (Å²) in [7, 11) is 0. The van der Waals surface area contributed by atoms with E-state index >= 15 is 0 Å². The SMILES string of the molecule is CC(C)C(CO)NCc1c(Cl)oc2ccccc12. The summed E-state index contributed by atoms with van der Waals surface area (Å²) in [5.74, 6) is 0.368. The van der Waals surface area contributed by atoms with Gasteiger partial charge in [0.05, 0.1) is 6.61 Å². The third kappa shape index (κ3) is 2.69. The minimum atomic E-state index is 0.0646. The zero-order chi connectivity index (χ0) is 13.1. The molecule has 1 aromatic heterocycles. The van der Waals surface area contributed by atoms with Crippen LogP contribution in [0.1, 0.15) is 19.4 Å². The second-order valence-electron chi connectivity index (χ2n) is 4.76. The first kappa shape index (κ1) is 13.4.